The number of ether oxygens (including phenoxy) is 1. The van der Waals surface area contributed by atoms with Crippen molar-refractivity contribution < 1.29 is 14.1 Å². The Hall–Kier alpha value is -2.74. The fourth-order valence-corrected chi connectivity index (χ4v) is 2.76. The number of nitrogens with one attached hydrogen (secondary N) is 1. The molecule has 3 aromatic rings. The number of aryl methyl sites for hydroxylation is 2. The van der Waals surface area contributed by atoms with Gasteiger partial charge in [0.1, 0.15) is 18.4 Å². The lowest BCUT2D eigenvalue weighted by atomic mass is 10.2. The van der Waals surface area contributed by atoms with Crippen molar-refractivity contribution in [2.24, 2.45) is 0 Å². The molecule has 8 heteroatoms. The third kappa shape index (κ3) is 4.42. The number of hydrogen-bond acceptors (Lipinski definition) is 7. The Morgan fingerprint density at radius 2 is 2.04 bits per heavy atom. The van der Waals surface area contributed by atoms with Crippen LogP contribution in [0.4, 0.5) is 0 Å². The fourth-order valence-electron chi connectivity index (χ4n) is 2.17. The van der Waals surface area contributed by atoms with E-state index in [1.54, 1.807) is 49.4 Å². The second-order valence-corrected chi connectivity index (χ2v) is 6.61. The molecule has 0 aliphatic carbocycles. The van der Waals surface area contributed by atoms with E-state index in [0.29, 0.717) is 29.6 Å². The van der Waals surface area contributed by atoms with Gasteiger partial charge in [-0.25, -0.2) is 4.98 Å². The first kappa shape index (κ1) is 17.1. The molecule has 0 saturated heterocycles. The monoisotopic (exact) mass is 358 g/mol. The Balaban J connectivity index is 1.56. The van der Waals surface area contributed by atoms with Crippen molar-refractivity contribution in [3.63, 3.8) is 0 Å². The minimum atomic E-state index is -0.363. The molecule has 7 nitrogen and oxygen atoms in total. The normalized spacial score (nSPS) is 12.0. The number of nitrogens with zero attached hydrogens (tertiary/aromatic N) is 3. The van der Waals surface area contributed by atoms with Crippen molar-refractivity contribution in [3.8, 4) is 5.75 Å². The summed E-state index contributed by atoms with van der Waals surface area (Å²) in [7, 11) is 0. The second-order valence-electron chi connectivity index (χ2n) is 5.55. The molecule has 25 heavy (non-hydrogen) atoms. The molecule has 3 rings (SSSR count). The number of benzene rings is 1. The molecule has 0 radical (unpaired) electrons. The van der Waals surface area contributed by atoms with Gasteiger partial charge < -0.3 is 14.6 Å². The smallest absolute Gasteiger partial charge is 0.251 e. The van der Waals surface area contributed by atoms with Crippen molar-refractivity contribution in [1.29, 1.82) is 0 Å². The molecule has 2 heterocycles. The summed E-state index contributed by atoms with van der Waals surface area (Å²) in [5, 5.41) is 9.52. The SMILES string of the molecule is Cc1noc(C(C)NC(=O)c2ccc(OCc3csc(C)n3)cc2)n1. The summed E-state index contributed by atoms with van der Waals surface area (Å²) in [6.07, 6.45) is 0. The van der Waals surface area contributed by atoms with Gasteiger partial charge in [0.2, 0.25) is 5.89 Å². The van der Waals surface area contributed by atoms with E-state index in [9.17, 15) is 4.79 Å². The van der Waals surface area contributed by atoms with E-state index in [4.69, 9.17) is 9.26 Å². The molecule has 1 aromatic carbocycles. The predicted octanol–water partition coefficient (Wildman–Crippen LogP) is 3.21. The van der Waals surface area contributed by atoms with Crippen LogP contribution in [-0.4, -0.2) is 21.0 Å². The maximum Gasteiger partial charge on any atom is 0.251 e. The topological polar surface area (TPSA) is 90.1 Å². The molecule has 1 unspecified atom stereocenters. The Labute approximate surface area is 149 Å². The van der Waals surface area contributed by atoms with Crippen molar-refractivity contribution in [3.05, 3.63) is 57.6 Å². The van der Waals surface area contributed by atoms with E-state index in [-0.39, 0.29) is 11.9 Å². The van der Waals surface area contributed by atoms with Crippen molar-refractivity contribution in [1.82, 2.24) is 20.4 Å². The lowest BCUT2D eigenvalue weighted by molar-refractivity contribution is 0.0932. The molecular weight excluding hydrogens is 340 g/mol. The fraction of sp³-hybridized carbons (Fsp3) is 0.294. The van der Waals surface area contributed by atoms with Crippen LogP contribution in [0.15, 0.2) is 34.2 Å². The van der Waals surface area contributed by atoms with Gasteiger partial charge in [-0.15, -0.1) is 11.3 Å². The summed E-state index contributed by atoms with van der Waals surface area (Å²) in [5.41, 5.74) is 1.42. The molecule has 0 bridgehead atoms. The van der Waals surface area contributed by atoms with Crippen LogP contribution in [0.3, 0.4) is 0 Å². The van der Waals surface area contributed by atoms with E-state index in [2.05, 4.69) is 20.4 Å². The first-order valence-electron chi connectivity index (χ1n) is 7.76. The Kier molecular flexibility index (Phi) is 5.08. The molecule has 0 aliphatic rings. The number of carbonyl (C=O) groups is 1. The highest BCUT2D eigenvalue weighted by Gasteiger charge is 2.16. The summed E-state index contributed by atoms with van der Waals surface area (Å²) in [4.78, 5) is 20.7. The Morgan fingerprint density at radius 1 is 1.28 bits per heavy atom. The predicted molar refractivity (Wildman–Crippen MR) is 92.5 cm³/mol. The van der Waals surface area contributed by atoms with Crippen LogP contribution in [0, 0.1) is 13.8 Å². The van der Waals surface area contributed by atoms with Gasteiger partial charge in [-0.3, -0.25) is 4.79 Å². The number of carbonyl (C=O) groups excluding carboxylic acids is 1. The van der Waals surface area contributed by atoms with Gasteiger partial charge in [-0.2, -0.15) is 4.98 Å². The zero-order valence-corrected chi connectivity index (χ0v) is 15.0. The van der Waals surface area contributed by atoms with Crippen LogP contribution in [0.5, 0.6) is 5.75 Å². The van der Waals surface area contributed by atoms with Gasteiger partial charge in [0.15, 0.2) is 5.82 Å². The van der Waals surface area contributed by atoms with E-state index in [1.807, 2.05) is 12.3 Å². The lowest BCUT2D eigenvalue weighted by Gasteiger charge is -2.10. The average Bonchev–Trinajstić information content (AvgIpc) is 3.21. The van der Waals surface area contributed by atoms with Gasteiger partial charge in [-0.1, -0.05) is 5.16 Å². The molecular formula is C17H18N4O3S. The number of hydrogen-bond donors (Lipinski definition) is 1. The molecule has 1 N–H and O–H groups in total. The van der Waals surface area contributed by atoms with E-state index >= 15 is 0 Å². The lowest BCUT2D eigenvalue weighted by Crippen LogP contribution is -2.26. The van der Waals surface area contributed by atoms with Gasteiger partial charge in [0.25, 0.3) is 5.91 Å². The molecule has 0 fully saturated rings. The molecule has 0 saturated carbocycles. The van der Waals surface area contributed by atoms with E-state index in [0.717, 1.165) is 10.7 Å². The number of rotatable bonds is 6. The maximum absolute atomic E-state index is 12.3. The van der Waals surface area contributed by atoms with Gasteiger partial charge in [0, 0.05) is 10.9 Å². The molecule has 130 valence electrons. The van der Waals surface area contributed by atoms with Crippen molar-refractivity contribution in [2.45, 2.75) is 33.4 Å². The van der Waals surface area contributed by atoms with E-state index in [1.165, 1.54) is 0 Å². The number of aromatic nitrogens is 3. The number of thiazole rings is 1. The molecule has 1 atom stereocenters. The first-order chi connectivity index (χ1) is 12.0. The standard InChI is InChI=1S/C17H18N4O3S/c1-10(17-19-11(2)21-24-17)18-16(22)13-4-6-15(7-5-13)23-8-14-9-25-12(3)20-14/h4-7,9-10H,8H2,1-3H3,(H,18,22). The average molecular weight is 358 g/mol. The van der Waals surface area contributed by atoms with Crippen LogP contribution in [0.25, 0.3) is 0 Å². The second kappa shape index (κ2) is 7.43. The molecule has 1 amide bonds. The van der Waals surface area contributed by atoms with Gasteiger partial charge in [-0.05, 0) is 45.0 Å². The summed E-state index contributed by atoms with van der Waals surface area (Å²) in [6, 6.07) is 6.58. The minimum Gasteiger partial charge on any atom is -0.487 e. The Bertz CT molecular complexity index is 857. The zero-order chi connectivity index (χ0) is 17.8. The summed E-state index contributed by atoms with van der Waals surface area (Å²) < 4.78 is 10.7. The van der Waals surface area contributed by atoms with Gasteiger partial charge >= 0.3 is 0 Å². The third-order valence-electron chi connectivity index (χ3n) is 3.43. The molecule has 2 aromatic heterocycles. The summed E-state index contributed by atoms with van der Waals surface area (Å²) in [6.45, 7) is 5.88. The van der Waals surface area contributed by atoms with Crippen molar-refractivity contribution in [2.75, 3.05) is 0 Å². The third-order valence-corrected chi connectivity index (χ3v) is 4.25. The Morgan fingerprint density at radius 3 is 2.64 bits per heavy atom. The van der Waals surface area contributed by atoms with Crippen molar-refractivity contribution >= 4 is 17.2 Å². The van der Waals surface area contributed by atoms with E-state index < -0.39 is 0 Å². The highest BCUT2D eigenvalue weighted by Crippen LogP contribution is 2.16. The maximum atomic E-state index is 12.3. The number of amides is 1. The van der Waals surface area contributed by atoms with Crippen LogP contribution in [0.2, 0.25) is 0 Å². The zero-order valence-electron chi connectivity index (χ0n) is 14.1. The van der Waals surface area contributed by atoms with Crippen LogP contribution in [0.1, 0.15) is 45.7 Å². The highest BCUT2D eigenvalue weighted by atomic mass is 32.1. The van der Waals surface area contributed by atoms with Gasteiger partial charge in [0.05, 0.1) is 10.7 Å². The largest absolute Gasteiger partial charge is 0.487 e. The summed E-state index contributed by atoms with van der Waals surface area (Å²) >= 11 is 1.59. The molecule has 0 spiro atoms. The molecule has 0 aliphatic heterocycles. The van der Waals surface area contributed by atoms with Crippen LogP contribution in [-0.2, 0) is 6.61 Å². The first-order valence-corrected chi connectivity index (χ1v) is 8.64. The quantitative estimate of drug-likeness (QED) is 0.728. The van der Waals surface area contributed by atoms with Crippen LogP contribution < -0.4 is 10.1 Å². The highest BCUT2D eigenvalue weighted by molar-refractivity contribution is 7.09. The minimum absolute atomic E-state index is 0.218. The summed E-state index contributed by atoms with van der Waals surface area (Å²) in [5.74, 6) is 1.38. The van der Waals surface area contributed by atoms with Crippen LogP contribution >= 0.6 is 11.3 Å².